The summed E-state index contributed by atoms with van der Waals surface area (Å²) in [5.41, 5.74) is 1.36. The average Bonchev–Trinajstić information content (AvgIpc) is 2.74. The van der Waals surface area contributed by atoms with Gasteiger partial charge >= 0.3 is 0 Å². The first kappa shape index (κ1) is 23.3. The molecule has 1 aliphatic heterocycles. The zero-order valence-corrected chi connectivity index (χ0v) is 17.1. The Bertz CT molecular complexity index is 759. The van der Waals surface area contributed by atoms with Gasteiger partial charge in [-0.3, -0.25) is 4.90 Å². The second kappa shape index (κ2) is 10.7. The summed E-state index contributed by atoms with van der Waals surface area (Å²) in [5.74, 6) is -2.40. The number of hydrogen-bond acceptors (Lipinski definition) is 5. The molecule has 29 heavy (non-hydrogen) atoms. The molecular formula is C21H27ClF2N2O3. The van der Waals surface area contributed by atoms with E-state index < -0.39 is 18.6 Å². The summed E-state index contributed by atoms with van der Waals surface area (Å²) in [6.45, 7) is 1.30. The summed E-state index contributed by atoms with van der Waals surface area (Å²) in [7, 11) is 1.51. The molecule has 0 aliphatic carbocycles. The van der Waals surface area contributed by atoms with Gasteiger partial charge in [0.2, 0.25) is 0 Å². The molecule has 0 spiro atoms. The third-order valence-corrected chi connectivity index (χ3v) is 4.87. The number of methoxy groups -OCH3 is 1. The van der Waals surface area contributed by atoms with E-state index in [2.05, 4.69) is 5.32 Å². The predicted octanol–water partition coefficient (Wildman–Crippen LogP) is 3.27. The summed E-state index contributed by atoms with van der Waals surface area (Å²) in [4.78, 5) is 1.70. The Balaban J connectivity index is 0.00000300. The smallest absolute Gasteiger partial charge is 0.289 e. The Morgan fingerprint density at radius 3 is 2.41 bits per heavy atom. The van der Waals surface area contributed by atoms with E-state index in [4.69, 9.17) is 9.47 Å². The van der Waals surface area contributed by atoms with Crippen molar-refractivity contribution in [2.24, 2.45) is 0 Å². The van der Waals surface area contributed by atoms with Gasteiger partial charge in [0.05, 0.1) is 7.11 Å². The Labute approximate surface area is 176 Å². The molecule has 0 saturated carbocycles. The Hall–Kier alpha value is -1.93. The summed E-state index contributed by atoms with van der Waals surface area (Å²) in [6, 6.07) is 13.2. The van der Waals surface area contributed by atoms with Crippen molar-refractivity contribution in [1.82, 2.24) is 10.2 Å². The molecule has 160 valence electrons. The van der Waals surface area contributed by atoms with Crippen LogP contribution < -0.4 is 14.8 Å². The Morgan fingerprint density at radius 2 is 1.79 bits per heavy atom. The van der Waals surface area contributed by atoms with E-state index in [0.29, 0.717) is 49.8 Å². The van der Waals surface area contributed by atoms with Crippen molar-refractivity contribution < 1.29 is 23.4 Å². The lowest BCUT2D eigenvalue weighted by Crippen LogP contribution is -2.51. The third-order valence-electron chi connectivity index (χ3n) is 4.87. The van der Waals surface area contributed by atoms with Crippen LogP contribution in [-0.2, 0) is 6.61 Å². The average molecular weight is 429 g/mol. The van der Waals surface area contributed by atoms with Crippen molar-refractivity contribution in [3.63, 3.8) is 0 Å². The molecule has 2 aromatic carbocycles. The molecule has 1 fully saturated rings. The molecule has 0 amide bonds. The largest absolute Gasteiger partial charge is 0.493 e. The number of benzene rings is 2. The molecule has 1 aliphatic rings. The zero-order chi connectivity index (χ0) is 20.0. The molecule has 2 aromatic rings. The quantitative estimate of drug-likeness (QED) is 0.676. The van der Waals surface area contributed by atoms with Crippen LogP contribution in [0, 0.1) is 0 Å². The Morgan fingerprint density at radius 1 is 1.10 bits per heavy atom. The van der Waals surface area contributed by atoms with Gasteiger partial charge in [0.1, 0.15) is 19.3 Å². The molecule has 2 N–H and O–H groups in total. The molecule has 1 saturated heterocycles. The van der Waals surface area contributed by atoms with E-state index in [9.17, 15) is 13.9 Å². The van der Waals surface area contributed by atoms with Crippen LogP contribution in [0.4, 0.5) is 8.78 Å². The van der Waals surface area contributed by atoms with E-state index in [1.807, 2.05) is 30.3 Å². The van der Waals surface area contributed by atoms with E-state index in [0.717, 1.165) is 5.56 Å². The number of halogens is 3. The maximum Gasteiger partial charge on any atom is 0.289 e. The summed E-state index contributed by atoms with van der Waals surface area (Å²) < 4.78 is 40.6. The number of piperazine rings is 1. The van der Waals surface area contributed by atoms with Crippen LogP contribution in [0.25, 0.3) is 0 Å². The fourth-order valence-electron chi connectivity index (χ4n) is 3.46. The van der Waals surface area contributed by atoms with Crippen molar-refractivity contribution in [3.8, 4) is 11.5 Å². The molecule has 8 heteroatoms. The van der Waals surface area contributed by atoms with Gasteiger partial charge in [0.25, 0.3) is 5.92 Å². The SMILES string of the molecule is COc1ccc([C@H](N2CCNCC2)C(F)(F)CO)cc1OCc1ccccc1.Cl. The highest BCUT2D eigenvalue weighted by molar-refractivity contribution is 5.85. The number of hydrogen-bond donors (Lipinski definition) is 2. The highest BCUT2D eigenvalue weighted by atomic mass is 35.5. The van der Waals surface area contributed by atoms with Crippen molar-refractivity contribution in [3.05, 3.63) is 59.7 Å². The molecule has 0 bridgehead atoms. The Kier molecular flexibility index (Phi) is 8.64. The van der Waals surface area contributed by atoms with Crippen molar-refractivity contribution in [2.75, 3.05) is 39.9 Å². The van der Waals surface area contributed by atoms with E-state index in [1.165, 1.54) is 7.11 Å². The van der Waals surface area contributed by atoms with Gasteiger partial charge in [-0.2, -0.15) is 0 Å². The molecule has 0 unspecified atom stereocenters. The van der Waals surface area contributed by atoms with Crippen LogP contribution in [-0.4, -0.2) is 55.8 Å². The van der Waals surface area contributed by atoms with Crippen molar-refractivity contribution in [1.29, 1.82) is 0 Å². The van der Waals surface area contributed by atoms with Crippen LogP contribution in [0.5, 0.6) is 11.5 Å². The van der Waals surface area contributed by atoms with E-state index in [1.54, 1.807) is 23.1 Å². The molecule has 5 nitrogen and oxygen atoms in total. The first-order valence-electron chi connectivity index (χ1n) is 9.33. The number of nitrogens with zero attached hydrogens (tertiary/aromatic N) is 1. The van der Waals surface area contributed by atoms with Gasteiger partial charge in [-0.1, -0.05) is 36.4 Å². The fourth-order valence-corrected chi connectivity index (χ4v) is 3.46. The second-order valence-corrected chi connectivity index (χ2v) is 6.79. The number of nitrogens with one attached hydrogen (secondary N) is 1. The number of aliphatic hydroxyl groups excluding tert-OH is 1. The van der Waals surface area contributed by atoms with Gasteiger partial charge < -0.3 is 19.9 Å². The molecular weight excluding hydrogens is 402 g/mol. The predicted molar refractivity (Wildman–Crippen MR) is 110 cm³/mol. The maximum atomic E-state index is 14.7. The monoisotopic (exact) mass is 428 g/mol. The van der Waals surface area contributed by atoms with Crippen LogP contribution in [0.3, 0.4) is 0 Å². The number of rotatable bonds is 8. The minimum atomic E-state index is -3.28. The second-order valence-electron chi connectivity index (χ2n) is 6.79. The third kappa shape index (κ3) is 5.79. The summed E-state index contributed by atoms with van der Waals surface area (Å²) >= 11 is 0. The van der Waals surface area contributed by atoms with Crippen molar-refractivity contribution in [2.45, 2.75) is 18.6 Å². The standard InChI is InChI=1S/C21H26F2N2O3.ClH/c1-27-18-8-7-17(13-19(18)28-14-16-5-3-2-4-6-16)20(21(22,23)15-26)25-11-9-24-10-12-25;/h2-8,13,20,24,26H,9-12,14-15H2,1H3;1H/t20-;/m0./s1. The van der Waals surface area contributed by atoms with Crippen LogP contribution in [0.1, 0.15) is 17.2 Å². The van der Waals surface area contributed by atoms with Gasteiger partial charge in [0, 0.05) is 26.2 Å². The lowest BCUT2D eigenvalue weighted by atomic mass is 9.97. The molecule has 0 radical (unpaired) electrons. The van der Waals surface area contributed by atoms with E-state index >= 15 is 0 Å². The van der Waals surface area contributed by atoms with E-state index in [-0.39, 0.29) is 12.4 Å². The van der Waals surface area contributed by atoms with Gasteiger partial charge in [-0.15, -0.1) is 12.4 Å². The molecule has 0 aromatic heterocycles. The summed E-state index contributed by atoms with van der Waals surface area (Å²) in [5, 5.41) is 12.5. The normalized spacial score (nSPS) is 16.0. The summed E-state index contributed by atoms with van der Waals surface area (Å²) in [6.07, 6.45) is 0. The first-order valence-corrected chi connectivity index (χ1v) is 9.33. The number of ether oxygens (including phenoxy) is 2. The molecule has 1 atom stereocenters. The highest BCUT2D eigenvalue weighted by Crippen LogP contribution is 2.40. The molecule has 1 heterocycles. The maximum absolute atomic E-state index is 14.7. The van der Waals surface area contributed by atoms with Gasteiger partial charge in [-0.05, 0) is 23.3 Å². The van der Waals surface area contributed by atoms with Crippen LogP contribution in [0.2, 0.25) is 0 Å². The van der Waals surface area contributed by atoms with Crippen LogP contribution in [0.15, 0.2) is 48.5 Å². The van der Waals surface area contributed by atoms with Gasteiger partial charge in [-0.25, -0.2) is 8.78 Å². The lowest BCUT2D eigenvalue weighted by molar-refractivity contribution is -0.118. The minimum Gasteiger partial charge on any atom is -0.493 e. The number of alkyl halides is 2. The fraction of sp³-hybridized carbons (Fsp3) is 0.429. The number of aliphatic hydroxyl groups is 1. The first-order chi connectivity index (χ1) is 13.5. The zero-order valence-electron chi connectivity index (χ0n) is 16.3. The van der Waals surface area contributed by atoms with Gasteiger partial charge in [0.15, 0.2) is 11.5 Å². The van der Waals surface area contributed by atoms with Crippen molar-refractivity contribution >= 4 is 12.4 Å². The highest BCUT2D eigenvalue weighted by Gasteiger charge is 2.44. The topological polar surface area (TPSA) is 54.0 Å². The van der Waals surface area contributed by atoms with Crippen LogP contribution >= 0.6 is 12.4 Å². The minimum absolute atomic E-state index is 0. The molecule has 3 rings (SSSR count). The lowest BCUT2D eigenvalue weighted by Gasteiger charge is -2.38.